The van der Waals surface area contributed by atoms with E-state index < -0.39 is 11.7 Å². The minimum absolute atomic E-state index is 0.0241. The maximum atomic E-state index is 14.1. The van der Waals surface area contributed by atoms with Gasteiger partial charge in [0.1, 0.15) is 11.4 Å². The van der Waals surface area contributed by atoms with Crippen LogP contribution < -0.4 is 5.32 Å². The number of carbonyl (C=O) groups is 2. The van der Waals surface area contributed by atoms with Crippen molar-refractivity contribution in [3.05, 3.63) is 70.5 Å². The molecule has 0 radical (unpaired) electrons. The van der Waals surface area contributed by atoms with Crippen molar-refractivity contribution < 1.29 is 18.7 Å². The largest absolute Gasteiger partial charge is 0.444 e. The fourth-order valence-corrected chi connectivity index (χ4v) is 5.66. The number of nitrogens with one attached hydrogen (secondary N) is 1. The number of benzene rings is 2. The molecule has 6 nitrogen and oxygen atoms in total. The first-order chi connectivity index (χ1) is 17.0. The maximum Gasteiger partial charge on any atom is 0.407 e. The van der Waals surface area contributed by atoms with Crippen molar-refractivity contribution in [1.29, 1.82) is 0 Å². The van der Waals surface area contributed by atoms with E-state index in [0.717, 1.165) is 48.4 Å². The lowest BCUT2D eigenvalue weighted by Gasteiger charge is -2.30. The lowest BCUT2D eigenvalue weighted by atomic mass is 10.0. The molecule has 2 fully saturated rings. The highest BCUT2D eigenvalue weighted by molar-refractivity contribution is 5.97. The van der Waals surface area contributed by atoms with Gasteiger partial charge in [0.15, 0.2) is 0 Å². The zero-order valence-corrected chi connectivity index (χ0v) is 22.0. The molecule has 2 amide bonds. The van der Waals surface area contributed by atoms with Gasteiger partial charge in [-0.05, 0) is 81.7 Å². The standard InChI is InChI=1S/C29H38FN3O3/c1-19-8-6-9-20(2)26(19)27(34)33-17-22-15-32(16-23(22)18-33)25(21-10-7-11-24(30)14-21)12-13-31-28(35)36-29(3,4)5/h6-11,14,22-23,25H,12-13,15-18H2,1-5H3,(H,31,35)/t22?,23?,25-/m0/s1. The van der Waals surface area contributed by atoms with E-state index in [-0.39, 0.29) is 17.8 Å². The Morgan fingerprint density at radius 1 is 1.03 bits per heavy atom. The predicted octanol–water partition coefficient (Wildman–Crippen LogP) is 5.10. The van der Waals surface area contributed by atoms with Crippen molar-refractivity contribution in [1.82, 2.24) is 15.1 Å². The number of aryl methyl sites for hydroxylation is 2. The normalized spacial score (nSPS) is 20.8. The zero-order valence-electron chi connectivity index (χ0n) is 22.0. The molecule has 2 saturated heterocycles. The van der Waals surface area contributed by atoms with Gasteiger partial charge in [0.2, 0.25) is 0 Å². The Hall–Kier alpha value is -2.93. The third-order valence-electron chi connectivity index (χ3n) is 7.26. The quantitative estimate of drug-likeness (QED) is 0.606. The van der Waals surface area contributed by atoms with Crippen LogP contribution in [0, 0.1) is 31.5 Å². The van der Waals surface area contributed by atoms with Gasteiger partial charge in [-0.25, -0.2) is 9.18 Å². The van der Waals surface area contributed by atoms with Gasteiger partial charge < -0.3 is 15.0 Å². The van der Waals surface area contributed by atoms with E-state index in [4.69, 9.17) is 4.74 Å². The fourth-order valence-electron chi connectivity index (χ4n) is 5.66. The van der Waals surface area contributed by atoms with Crippen LogP contribution in [0.2, 0.25) is 0 Å². The van der Waals surface area contributed by atoms with Crippen molar-refractivity contribution in [2.24, 2.45) is 11.8 Å². The van der Waals surface area contributed by atoms with E-state index in [1.54, 1.807) is 12.1 Å². The minimum Gasteiger partial charge on any atom is -0.444 e. The van der Waals surface area contributed by atoms with E-state index in [9.17, 15) is 14.0 Å². The summed E-state index contributed by atoms with van der Waals surface area (Å²) < 4.78 is 19.5. The van der Waals surface area contributed by atoms with Crippen LogP contribution in [0.3, 0.4) is 0 Å². The van der Waals surface area contributed by atoms with E-state index in [1.165, 1.54) is 6.07 Å². The van der Waals surface area contributed by atoms with Crippen LogP contribution in [0.1, 0.15) is 60.3 Å². The van der Waals surface area contributed by atoms with Crippen molar-refractivity contribution in [3.63, 3.8) is 0 Å². The molecule has 2 aromatic carbocycles. The number of halogens is 1. The number of likely N-dealkylation sites (tertiary alicyclic amines) is 2. The Kier molecular flexibility index (Phi) is 7.69. The Balaban J connectivity index is 1.41. The average Bonchev–Trinajstić information content (AvgIpc) is 3.34. The molecule has 194 valence electrons. The molecular weight excluding hydrogens is 457 g/mol. The lowest BCUT2D eigenvalue weighted by molar-refractivity contribution is 0.0522. The van der Waals surface area contributed by atoms with Gasteiger partial charge >= 0.3 is 6.09 Å². The molecule has 0 spiro atoms. The van der Waals surface area contributed by atoms with Crippen molar-refractivity contribution in [2.45, 2.75) is 52.7 Å². The van der Waals surface area contributed by atoms with Crippen LogP contribution in [0.4, 0.5) is 9.18 Å². The van der Waals surface area contributed by atoms with Gasteiger partial charge in [-0.3, -0.25) is 9.69 Å². The van der Waals surface area contributed by atoms with Crippen LogP contribution in [-0.2, 0) is 4.74 Å². The molecule has 36 heavy (non-hydrogen) atoms. The molecule has 2 aliphatic heterocycles. The van der Waals surface area contributed by atoms with Crippen molar-refractivity contribution in [3.8, 4) is 0 Å². The summed E-state index contributed by atoms with van der Waals surface area (Å²) in [5, 5.41) is 2.84. The topological polar surface area (TPSA) is 61.9 Å². The highest BCUT2D eigenvalue weighted by Crippen LogP contribution is 2.38. The average molecular weight is 496 g/mol. The SMILES string of the molecule is Cc1cccc(C)c1C(=O)N1CC2CN([C@@H](CCNC(=O)OC(C)(C)C)c3cccc(F)c3)CC2C1. The molecule has 0 aliphatic carbocycles. The van der Waals surface area contributed by atoms with Crippen LogP contribution in [0.25, 0.3) is 0 Å². The second-order valence-electron chi connectivity index (χ2n) is 11.2. The molecular formula is C29H38FN3O3. The van der Waals surface area contributed by atoms with Gasteiger partial charge in [-0.15, -0.1) is 0 Å². The third kappa shape index (κ3) is 6.06. The van der Waals surface area contributed by atoms with E-state index in [0.29, 0.717) is 24.8 Å². The summed E-state index contributed by atoms with van der Waals surface area (Å²) in [4.78, 5) is 29.8. The molecule has 2 heterocycles. The first kappa shape index (κ1) is 26.1. The molecule has 4 rings (SSSR count). The summed E-state index contributed by atoms with van der Waals surface area (Å²) >= 11 is 0. The number of hydrogen-bond acceptors (Lipinski definition) is 4. The second-order valence-corrected chi connectivity index (χ2v) is 11.2. The molecule has 0 aromatic heterocycles. The molecule has 2 aromatic rings. The number of fused-ring (bicyclic) bond motifs is 1. The highest BCUT2D eigenvalue weighted by Gasteiger charge is 2.44. The number of rotatable bonds is 6. The van der Waals surface area contributed by atoms with Crippen LogP contribution in [0.15, 0.2) is 42.5 Å². The van der Waals surface area contributed by atoms with Gasteiger partial charge in [-0.2, -0.15) is 0 Å². The van der Waals surface area contributed by atoms with E-state index >= 15 is 0 Å². The van der Waals surface area contributed by atoms with E-state index in [2.05, 4.69) is 10.2 Å². The zero-order chi connectivity index (χ0) is 26.0. The Bertz CT molecular complexity index is 1080. The number of carbonyl (C=O) groups excluding carboxylic acids is 2. The predicted molar refractivity (Wildman–Crippen MR) is 138 cm³/mol. The molecule has 1 N–H and O–H groups in total. The molecule has 3 atom stereocenters. The first-order valence-corrected chi connectivity index (χ1v) is 12.8. The third-order valence-corrected chi connectivity index (χ3v) is 7.26. The number of alkyl carbamates (subject to hydrolysis) is 1. The van der Waals surface area contributed by atoms with Gasteiger partial charge in [-0.1, -0.05) is 30.3 Å². The maximum absolute atomic E-state index is 14.1. The summed E-state index contributed by atoms with van der Waals surface area (Å²) in [6.45, 7) is 13.1. The first-order valence-electron chi connectivity index (χ1n) is 12.8. The highest BCUT2D eigenvalue weighted by atomic mass is 19.1. The number of nitrogens with zero attached hydrogens (tertiary/aromatic N) is 2. The van der Waals surface area contributed by atoms with Crippen LogP contribution >= 0.6 is 0 Å². The number of amides is 2. The fraction of sp³-hybridized carbons (Fsp3) is 0.517. The van der Waals surface area contributed by atoms with Gasteiger partial charge in [0, 0.05) is 44.3 Å². The van der Waals surface area contributed by atoms with E-state index in [1.807, 2.05) is 63.8 Å². The summed E-state index contributed by atoms with van der Waals surface area (Å²) in [6.07, 6.45) is 0.201. The minimum atomic E-state index is -0.557. The molecule has 0 saturated carbocycles. The molecule has 0 bridgehead atoms. The second kappa shape index (κ2) is 10.6. The molecule has 7 heteroatoms. The van der Waals surface area contributed by atoms with Crippen LogP contribution in [0.5, 0.6) is 0 Å². The summed E-state index contributed by atoms with van der Waals surface area (Å²) in [5.41, 5.74) is 3.20. The molecule has 2 aliphatic rings. The van der Waals surface area contributed by atoms with Crippen molar-refractivity contribution >= 4 is 12.0 Å². The smallest absolute Gasteiger partial charge is 0.407 e. The monoisotopic (exact) mass is 495 g/mol. The number of ether oxygens (including phenoxy) is 1. The Morgan fingerprint density at radius 2 is 1.64 bits per heavy atom. The summed E-state index contributed by atoms with van der Waals surface area (Å²) in [6, 6.07) is 12.7. The summed E-state index contributed by atoms with van der Waals surface area (Å²) in [5.74, 6) is 0.624. The Labute approximate surface area is 213 Å². The lowest BCUT2D eigenvalue weighted by Crippen LogP contribution is -2.37. The van der Waals surface area contributed by atoms with Gasteiger partial charge in [0.05, 0.1) is 0 Å². The molecule has 2 unspecified atom stereocenters. The summed E-state index contributed by atoms with van der Waals surface area (Å²) in [7, 11) is 0. The van der Waals surface area contributed by atoms with Crippen LogP contribution in [-0.4, -0.2) is 60.1 Å². The Morgan fingerprint density at radius 3 is 2.22 bits per heavy atom. The number of hydrogen-bond donors (Lipinski definition) is 1. The van der Waals surface area contributed by atoms with Gasteiger partial charge in [0.25, 0.3) is 5.91 Å². The van der Waals surface area contributed by atoms with Crippen molar-refractivity contribution in [2.75, 3.05) is 32.7 Å².